The highest BCUT2D eigenvalue weighted by Crippen LogP contribution is 2.29. The molecule has 1 aromatic heterocycles. The van der Waals surface area contributed by atoms with Gasteiger partial charge in [-0.1, -0.05) is 12.5 Å². The predicted octanol–water partition coefficient (Wildman–Crippen LogP) is 3.13. The monoisotopic (exact) mass is 438 g/mol. The topological polar surface area (TPSA) is 84.9 Å². The first-order valence-corrected chi connectivity index (χ1v) is 11.8. The molecular formula is C20H26N2O5S2. The molecule has 0 radical (unpaired) electrons. The summed E-state index contributed by atoms with van der Waals surface area (Å²) in [5.41, 5.74) is 0.417. The van der Waals surface area contributed by atoms with E-state index in [1.807, 2.05) is 0 Å². The van der Waals surface area contributed by atoms with E-state index < -0.39 is 10.0 Å². The van der Waals surface area contributed by atoms with Crippen molar-refractivity contribution in [2.45, 2.75) is 35.9 Å². The van der Waals surface area contributed by atoms with Crippen LogP contribution >= 0.6 is 11.3 Å². The molecule has 0 spiro atoms. The molecule has 2 aromatic rings. The lowest BCUT2D eigenvalue weighted by molar-refractivity contribution is 0.0946. The highest BCUT2D eigenvalue weighted by Gasteiger charge is 2.33. The number of nitrogens with one attached hydrogen (secondary N) is 1. The minimum Gasteiger partial charge on any atom is -0.497 e. The van der Waals surface area contributed by atoms with Crippen LogP contribution in [0.3, 0.4) is 0 Å². The van der Waals surface area contributed by atoms with Gasteiger partial charge in [0, 0.05) is 25.2 Å². The normalized spacial score (nSPS) is 17.7. The molecule has 3 rings (SSSR count). The summed E-state index contributed by atoms with van der Waals surface area (Å²) in [7, 11) is -0.433. The Morgan fingerprint density at radius 3 is 2.76 bits per heavy atom. The SMILES string of the molecule is COc1ccc(C(=O)NCCC2CCCCN2S(=O)(=O)c2cccs2)c(OC)c1. The van der Waals surface area contributed by atoms with Crippen LogP contribution in [0.5, 0.6) is 11.5 Å². The number of hydrogen-bond donors (Lipinski definition) is 1. The Morgan fingerprint density at radius 1 is 1.24 bits per heavy atom. The van der Waals surface area contributed by atoms with E-state index in [4.69, 9.17) is 9.47 Å². The molecule has 7 nitrogen and oxygen atoms in total. The molecule has 0 saturated carbocycles. The molecule has 1 saturated heterocycles. The summed E-state index contributed by atoms with van der Waals surface area (Å²) < 4.78 is 38.3. The van der Waals surface area contributed by atoms with Gasteiger partial charge in [-0.15, -0.1) is 11.3 Å². The van der Waals surface area contributed by atoms with Gasteiger partial charge in [-0.3, -0.25) is 4.79 Å². The number of ether oxygens (including phenoxy) is 2. The molecule has 1 fully saturated rings. The number of nitrogens with zero attached hydrogens (tertiary/aromatic N) is 1. The van der Waals surface area contributed by atoms with Gasteiger partial charge in [-0.2, -0.15) is 4.31 Å². The van der Waals surface area contributed by atoms with Crippen LogP contribution in [-0.4, -0.2) is 52.0 Å². The van der Waals surface area contributed by atoms with Gasteiger partial charge in [0.2, 0.25) is 0 Å². The Labute approximate surface area is 175 Å². The van der Waals surface area contributed by atoms with Crippen molar-refractivity contribution < 1.29 is 22.7 Å². The van der Waals surface area contributed by atoms with Gasteiger partial charge < -0.3 is 14.8 Å². The summed E-state index contributed by atoms with van der Waals surface area (Å²) in [6, 6.07) is 8.29. The molecule has 1 N–H and O–H groups in total. The third-order valence-corrected chi connectivity index (χ3v) is 8.37. The Morgan fingerprint density at radius 2 is 2.07 bits per heavy atom. The van der Waals surface area contributed by atoms with Crippen LogP contribution in [0, 0.1) is 0 Å². The highest BCUT2D eigenvalue weighted by molar-refractivity contribution is 7.91. The number of piperidine rings is 1. The molecular weight excluding hydrogens is 412 g/mol. The van der Waals surface area contributed by atoms with Crippen LogP contribution in [0.2, 0.25) is 0 Å². The fourth-order valence-corrected chi connectivity index (χ4v) is 6.38. The zero-order valence-electron chi connectivity index (χ0n) is 16.6. The van der Waals surface area contributed by atoms with Crippen molar-refractivity contribution in [3.8, 4) is 11.5 Å². The third kappa shape index (κ3) is 4.91. The molecule has 9 heteroatoms. The average Bonchev–Trinajstić information content (AvgIpc) is 3.29. The van der Waals surface area contributed by atoms with Gasteiger partial charge in [0.15, 0.2) is 0 Å². The lowest BCUT2D eigenvalue weighted by atomic mass is 10.0. The molecule has 0 bridgehead atoms. The first-order valence-electron chi connectivity index (χ1n) is 9.53. The van der Waals surface area contributed by atoms with Gasteiger partial charge in [-0.05, 0) is 42.8 Å². The maximum Gasteiger partial charge on any atom is 0.255 e. The lowest BCUT2D eigenvalue weighted by Crippen LogP contribution is -2.44. The van der Waals surface area contributed by atoms with Gasteiger partial charge >= 0.3 is 0 Å². The summed E-state index contributed by atoms with van der Waals surface area (Å²) in [5, 5.41) is 4.66. The molecule has 1 aliphatic heterocycles. The summed E-state index contributed by atoms with van der Waals surface area (Å²) >= 11 is 1.24. The number of amides is 1. The number of benzene rings is 1. The smallest absolute Gasteiger partial charge is 0.255 e. The molecule has 29 heavy (non-hydrogen) atoms. The number of carbonyl (C=O) groups is 1. The lowest BCUT2D eigenvalue weighted by Gasteiger charge is -2.34. The second-order valence-corrected chi connectivity index (χ2v) is 9.87. The van der Waals surface area contributed by atoms with Crippen LogP contribution in [-0.2, 0) is 10.0 Å². The van der Waals surface area contributed by atoms with Crippen LogP contribution in [0.1, 0.15) is 36.0 Å². The largest absolute Gasteiger partial charge is 0.497 e. The number of sulfonamides is 1. The van der Waals surface area contributed by atoms with Crippen LogP contribution < -0.4 is 14.8 Å². The standard InChI is InChI=1S/C20H26N2O5S2/c1-26-16-8-9-17(18(14-16)27-2)20(23)21-11-10-15-6-3-4-12-22(15)29(24,25)19-7-5-13-28-19/h5,7-9,13-15H,3-4,6,10-12H2,1-2H3,(H,21,23). The molecule has 1 atom stereocenters. The first kappa shape index (κ1) is 21.6. The summed E-state index contributed by atoms with van der Waals surface area (Å²) in [5.74, 6) is 0.782. The van der Waals surface area contributed by atoms with E-state index in [-0.39, 0.29) is 11.9 Å². The number of methoxy groups -OCH3 is 2. The Kier molecular flexibility index (Phi) is 7.15. The molecule has 158 valence electrons. The van der Waals surface area contributed by atoms with Crippen LogP contribution in [0.25, 0.3) is 0 Å². The van der Waals surface area contributed by atoms with E-state index in [1.165, 1.54) is 18.4 Å². The zero-order chi connectivity index (χ0) is 20.9. The minimum atomic E-state index is -3.48. The number of carbonyl (C=O) groups excluding carboxylic acids is 1. The van der Waals surface area contributed by atoms with Gasteiger partial charge in [0.05, 0.1) is 19.8 Å². The first-order chi connectivity index (χ1) is 14.0. The second-order valence-electron chi connectivity index (χ2n) is 6.81. The molecule has 1 unspecified atom stereocenters. The number of rotatable bonds is 8. The van der Waals surface area contributed by atoms with Gasteiger partial charge in [0.25, 0.3) is 15.9 Å². The Hall–Kier alpha value is -2.10. The highest BCUT2D eigenvalue weighted by atomic mass is 32.2. The maximum atomic E-state index is 12.9. The number of thiophene rings is 1. The fourth-order valence-electron chi connectivity index (χ4n) is 3.54. The summed E-state index contributed by atoms with van der Waals surface area (Å²) in [4.78, 5) is 12.6. The molecule has 1 aliphatic rings. The molecule has 1 aromatic carbocycles. The van der Waals surface area contributed by atoms with Crippen molar-refractivity contribution in [1.82, 2.24) is 9.62 Å². The number of hydrogen-bond acceptors (Lipinski definition) is 6. The Balaban J connectivity index is 1.63. The molecule has 2 heterocycles. The summed E-state index contributed by atoms with van der Waals surface area (Å²) in [6.07, 6.45) is 3.21. The van der Waals surface area contributed by atoms with Crippen molar-refractivity contribution in [3.05, 3.63) is 41.3 Å². The van der Waals surface area contributed by atoms with Crippen molar-refractivity contribution in [2.75, 3.05) is 27.3 Å². The van der Waals surface area contributed by atoms with E-state index in [1.54, 1.807) is 47.1 Å². The maximum absolute atomic E-state index is 12.9. The van der Waals surface area contributed by atoms with Crippen molar-refractivity contribution in [1.29, 1.82) is 0 Å². The Bertz CT molecular complexity index is 928. The van der Waals surface area contributed by atoms with Crippen molar-refractivity contribution >= 4 is 27.3 Å². The average molecular weight is 439 g/mol. The van der Waals surface area contributed by atoms with Gasteiger partial charge in [-0.25, -0.2) is 8.42 Å². The quantitative estimate of drug-likeness (QED) is 0.684. The van der Waals surface area contributed by atoms with E-state index in [9.17, 15) is 13.2 Å². The summed E-state index contributed by atoms with van der Waals surface area (Å²) in [6.45, 7) is 0.903. The molecule has 0 aliphatic carbocycles. The second kappa shape index (κ2) is 9.60. The van der Waals surface area contributed by atoms with Gasteiger partial charge in [0.1, 0.15) is 15.7 Å². The fraction of sp³-hybridized carbons (Fsp3) is 0.450. The van der Waals surface area contributed by atoms with E-state index in [0.717, 1.165) is 19.3 Å². The minimum absolute atomic E-state index is 0.117. The van der Waals surface area contributed by atoms with Crippen molar-refractivity contribution in [2.24, 2.45) is 0 Å². The third-order valence-electron chi connectivity index (χ3n) is 5.05. The molecule has 1 amide bonds. The van der Waals surface area contributed by atoms with E-state index in [0.29, 0.717) is 40.8 Å². The zero-order valence-corrected chi connectivity index (χ0v) is 18.2. The van der Waals surface area contributed by atoms with E-state index >= 15 is 0 Å². The van der Waals surface area contributed by atoms with Crippen molar-refractivity contribution in [3.63, 3.8) is 0 Å². The van der Waals surface area contributed by atoms with E-state index in [2.05, 4.69) is 5.32 Å². The van der Waals surface area contributed by atoms with Crippen LogP contribution in [0.4, 0.5) is 0 Å². The van der Waals surface area contributed by atoms with Crippen LogP contribution in [0.15, 0.2) is 39.9 Å². The predicted molar refractivity (Wildman–Crippen MR) is 112 cm³/mol.